The number of Topliss-reactive ketones (excluding diaryl/α,β-unsaturated/α-hetero) is 1. The number of hydrogen-bond acceptors (Lipinski definition) is 1. The molecule has 3 heteroatoms. The molecule has 0 aliphatic carbocycles. The van der Waals surface area contributed by atoms with Gasteiger partial charge in [0, 0.05) is 6.07 Å². The van der Waals surface area contributed by atoms with Crippen LogP contribution in [0.4, 0.5) is 8.78 Å². The molecule has 0 spiro atoms. The fourth-order valence-corrected chi connectivity index (χ4v) is 1.13. The molecule has 0 N–H and O–H groups in total. The van der Waals surface area contributed by atoms with Crippen LogP contribution in [0.15, 0.2) is 12.1 Å². The lowest BCUT2D eigenvalue weighted by atomic mass is 10.1. The molecule has 1 aromatic rings. The van der Waals surface area contributed by atoms with E-state index in [1.54, 1.807) is 6.92 Å². The highest BCUT2D eigenvalue weighted by molar-refractivity contribution is 5.94. The van der Waals surface area contributed by atoms with Gasteiger partial charge in [-0.1, -0.05) is 6.92 Å². The third-order valence-corrected chi connectivity index (χ3v) is 1.90. The highest BCUT2D eigenvalue weighted by atomic mass is 19.1. The van der Waals surface area contributed by atoms with Crippen molar-refractivity contribution in [2.75, 3.05) is 0 Å². The Labute approximate surface area is 75.4 Å². The molecule has 0 atom stereocenters. The number of carbonyl (C=O) groups excluding carboxylic acids is 1. The Morgan fingerprint density at radius 2 is 1.92 bits per heavy atom. The molecule has 0 aliphatic heterocycles. The minimum atomic E-state index is -0.790. The van der Waals surface area contributed by atoms with Gasteiger partial charge in [0.2, 0.25) is 0 Å². The van der Waals surface area contributed by atoms with Gasteiger partial charge >= 0.3 is 0 Å². The van der Waals surface area contributed by atoms with Crippen LogP contribution in [-0.2, 0) is 6.42 Å². The molecule has 0 unspecified atom stereocenters. The van der Waals surface area contributed by atoms with Crippen LogP contribution in [0.2, 0.25) is 0 Å². The Balaban J connectivity index is 3.30. The van der Waals surface area contributed by atoms with Crippen molar-refractivity contribution in [3.8, 4) is 0 Å². The number of rotatable bonds is 2. The summed E-state index contributed by atoms with van der Waals surface area (Å²) in [5, 5.41) is 0. The second-order valence-corrected chi connectivity index (χ2v) is 2.83. The van der Waals surface area contributed by atoms with Gasteiger partial charge in [-0.2, -0.15) is 0 Å². The van der Waals surface area contributed by atoms with Crippen molar-refractivity contribution in [2.45, 2.75) is 20.3 Å². The Morgan fingerprint density at radius 1 is 1.31 bits per heavy atom. The van der Waals surface area contributed by atoms with Crippen molar-refractivity contribution in [1.29, 1.82) is 0 Å². The number of aryl methyl sites for hydroxylation is 1. The lowest BCUT2D eigenvalue weighted by Crippen LogP contribution is -2.01. The number of halogens is 2. The van der Waals surface area contributed by atoms with E-state index in [1.807, 2.05) is 0 Å². The minimum Gasteiger partial charge on any atom is -0.294 e. The maximum absolute atomic E-state index is 13.0. The molecule has 70 valence electrons. The molecule has 0 aliphatic rings. The van der Waals surface area contributed by atoms with Crippen LogP contribution in [0.25, 0.3) is 0 Å². The highest BCUT2D eigenvalue weighted by Crippen LogP contribution is 2.15. The van der Waals surface area contributed by atoms with E-state index < -0.39 is 11.6 Å². The van der Waals surface area contributed by atoms with Crippen LogP contribution in [0, 0.1) is 11.6 Å². The predicted octanol–water partition coefficient (Wildman–Crippen LogP) is 2.73. The summed E-state index contributed by atoms with van der Waals surface area (Å²) in [6.45, 7) is 3.01. The number of hydrogen-bond donors (Lipinski definition) is 0. The van der Waals surface area contributed by atoms with E-state index in [-0.39, 0.29) is 11.3 Å². The first-order valence-electron chi connectivity index (χ1n) is 4.05. The zero-order valence-electron chi connectivity index (χ0n) is 7.53. The molecular weight excluding hydrogens is 174 g/mol. The van der Waals surface area contributed by atoms with E-state index in [4.69, 9.17) is 0 Å². The summed E-state index contributed by atoms with van der Waals surface area (Å²) < 4.78 is 25.9. The highest BCUT2D eigenvalue weighted by Gasteiger charge is 2.11. The molecule has 1 aromatic carbocycles. The Bertz CT molecular complexity index is 345. The average Bonchev–Trinajstić information content (AvgIpc) is 2.03. The summed E-state index contributed by atoms with van der Waals surface area (Å²) in [6, 6.07) is 2.03. The molecule has 13 heavy (non-hydrogen) atoms. The van der Waals surface area contributed by atoms with Crippen molar-refractivity contribution in [3.05, 3.63) is 34.9 Å². The lowest BCUT2D eigenvalue weighted by molar-refractivity contribution is 0.101. The molecule has 0 saturated heterocycles. The first-order valence-corrected chi connectivity index (χ1v) is 4.05. The third kappa shape index (κ3) is 1.91. The topological polar surface area (TPSA) is 17.1 Å². The maximum Gasteiger partial charge on any atom is 0.162 e. The predicted molar refractivity (Wildman–Crippen MR) is 45.7 cm³/mol. The third-order valence-electron chi connectivity index (χ3n) is 1.90. The summed E-state index contributed by atoms with van der Waals surface area (Å²) in [4.78, 5) is 10.9. The van der Waals surface area contributed by atoms with Gasteiger partial charge < -0.3 is 0 Å². The SMILES string of the molecule is CCc1cc(C(C)=O)c(F)cc1F. The van der Waals surface area contributed by atoms with Crippen molar-refractivity contribution >= 4 is 5.78 Å². The van der Waals surface area contributed by atoms with Gasteiger partial charge in [-0.3, -0.25) is 4.79 Å². The Kier molecular flexibility index (Phi) is 2.76. The number of ketones is 1. The van der Waals surface area contributed by atoms with Crippen LogP contribution < -0.4 is 0 Å². The second-order valence-electron chi connectivity index (χ2n) is 2.83. The van der Waals surface area contributed by atoms with E-state index in [1.165, 1.54) is 13.0 Å². The summed E-state index contributed by atoms with van der Waals surface area (Å²) in [5.74, 6) is -1.76. The van der Waals surface area contributed by atoms with Gasteiger partial charge in [0.25, 0.3) is 0 Å². The Hall–Kier alpha value is -1.25. The molecular formula is C10H10F2O. The zero-order valence-corrected chi connectivity index (χ0v) is 7.53. The summed E-state index contributed by atoms with van der Waals surface area (Å²) in [6.07, 6.45) is 0.451. The number of benzene rings is 1. The average molecular weight is 184 g/mol. The quantitative estimate of drug-likeness (QED) is 0.646. The zero-order chi connectivity index (χ0) is 10.0. The molecule has 1 nitrogen and oxygen atoms in total. The Morgan fingerprint density at radius 3 is 2.38 bits per heavy atom. The van der Waals surface area contributed by atoms with E-state index in [0.29, 0.717) is 12.0 Å². The van der Waals surface area contributed by atoms with Gasteiger partial charge in [0.1, 0.15) is 11.6 Å². The fraction of sp³-hybridized carbons (Fsp3) is 0.300. The van der Waals surface area contributed by atoms with Crippen molar-refractivity contribution in [3.63, 3.8) is 0 Å². The first-order chi connectivity index (χ1) is 6.06. The minimum absolute atomic E-state index is 0.0433. The molecule has 0 amide bonds. The first kappa shape index (κ1) is 9.84. The molecule has 0 bridgehead atoms. The van der Waals surface area contributed by atoms with E-state index in [0.717, 1.165) is 6.07 Å². The fourth-order valence-electron chi connectivity index (χ4n) is 1.13. The van der Waals surface area contributed by atoms with E-state index >= 15 is 0 Å². The molecule has 1 rings (SSSR count). The summed E-state index contributed by atoms with van der Waals surface area (Å²) >= 11 is 0. The van der Waals surface area contributed by atoms with Crippen molar-refractivity contribution in [2.24, 2.45) is 0 Å². The van der Waals surface area contributed by atoms with E-state index in [2.05, 4.69) is 0 Å². The van der Waals surface area contributed by atoms with Crippen LogP contribution in [0.3, 0.4) is 0 Å². The van der Waals surface area contributed by atoms with Crippen molar-refractivity contribution < 1.29 is 13.6 Å². The van der Waals surface area contributed by atoms with Gasteiger partial charge in [-0.25, -0.2) is 8.78 Å². The smallest absolute Gasteiger partial charge is 0.162 e. The number of carbonyl (C=O) groups is 1. The van der Waals surface area contributed by atoms with Gasteiger partial charge in [-0.05, 0) is 25.0 Å². The second kappa shape index (κ2) is 3.64. The molecule has 0 aromatic heterocycles. The monoisotopic (exact) mass is 184 g/mol. The van der Waals surface area contributed by atoms with Gasteiger partial charge in [-0.15, -0.1) is 0 Å². The standard InChI is InChI=1S/C10H10F2O/c1-3-7-4-8(6(2)13)10(12)5-9(7)11/h4-5H,3H2,1-2H3. The largest absolute Gasteiger partial charge is 0.294 e. The summed E-state index contributed by atoms with van der Waals surface area (Å²) in [7, 11) is 0. The molecule has 0 saturated carbocycles. The normalized spacial score (nSPS) is 10.2. The molecule has 0 heterocycles. The lowest BCUT2D eigenvalue weighted by Gasteiger charge is -2.03. The van der Waals surface area contributed by atoms with Crippen LogP contribution in [0.1, 0.15) is 29.8 Å². The maximum atomic E-state index is 13.0. The van der Waals surface area contributed by atoms with Crippen LogP contribution in [0.5, 0.6) is 0 Å². The van der Waals surface area contributed by atoms with Gasteiger partial charge in [0.15, 0.2) is 5.78 Å². The molecule has 0 fully saturated rings. The molecule has 0 radical (unpaired) electrons. The van der Waals surface area contributed by atoms with E-state index in [9.17, 15) is 13.6 Å². The summed E-state index contributed by atoms with van der Waals surface area (Å²) in [5.41, 5.74) is 0.324. The van der Waals surface area contributed by atoms with Crippen LogP contribution >= 0.6 is 0 Å². The van der Waals surface area contributed by atoms with Crippen molar-refractivity contribution in [1.82, 2.24) is 0 Å². The van der Waals surface area contributed by atoms with Crippen LogP contribution in [-0.4, -0.2) is 5.78 Å². The van der Waals surface area contributed by atoms with Gasteiger partial charge in [0.05, 0.1) is 5.56 Å².